The van der Waals surface area contributed by atoms with Crippen LogP contribution in [0.4, 0.5) is 11.7 Å². The van der Waals surface area contributed by atoms with Crippen LogP contribution in [0.1, 0.15) is 31.1 Å². The molecule has 0 saturated carbocycles. The Kier molecular flexibility index (Phi) is 5.72. The molecule has 0 unspecified atom stereocenters. The Labute approximate surface area is 194 Å². The Bertz CT molecular complexity index is 1260. The van der Waals surface area contributed by atoms with Gasteiger partial charge in [0.15, 0.2) is 0 Å². The van der Waals surface area contributed by atoms with Gasteiger partial charge >= 0.3 is 6.01 Å². The first kappa shape index (κ1) is 21.7. The predicted octanol–water partition coefficient (Wildman–Crippen LogP) is 2.44. The molecule has 33 heavy (non-hydrogen) atoms. The first-order valence-corrected chi connectivity index (χ1v) is 12.8. The minimum atomic E-state index is -3.75. The molecule has 1 N–H and O–H groups in total. The van der Waals surface area contributed by atoms with Crippen LogP contribution in [0.3, 0.4) is 0 Å². The maximum absolute atomic E-state index is 12.9. The van der Waals surface area contributed by atoms with Crippen LogP contribution in [0.5, 0.6) is 0 Å². The summed E-state index contributed by atoms with van der Waals surface area (Å²) in [5.74, 6) is -0.601. The molecule has 2 aromatic heterocycles. The standard InChI is InChI=1S/C21H21N5O5S2/c27-17-12-14(13-25(17)15-6-2-1-3-7-15)20-23-24-21(31-20)22-19(28)16-8-4-10-26(16)33(29,30)18-9-5-11-32-18/h1-3,5-7,9,11,14,16H,4,8,10,12-13H2,(H,22,24,28)/t14-,16+/m0/s1. The van der Waals surface area contributed by atoms with Gasteiger partial charge in [0.05, 0.1) is 5.92 Å². The third kappa shape index (κ3) is 4.16. The Balaban J connectivity index is 1.26. The number of nitrogens with zero attached hydrogens (tertiary/aromatic N) is 4. The number of benzene rings is 1. The number of para-hydroxylation sites is 1. The fourth-order valence-electron chi connectivity index (χ4n) is 4.18. The number of carbonyl (C=O) groups excluding carboxylic acids is 2. The Morgan fingerprint density at radius 3 is 2.73 bits per heavy atom. The van der Waals surface area contributed by atoms with Gasteiger partial charge in [0.25, 0.3) is 10.0 Å². The van der Waals surface area contributed by atoms with Crippen molar-refractivity contribution in [1.82, 2.24) is 14.5 Å². The number of sulfonamides is 1. The lowest BCUT2D eigenvalue weighted by molar-refractivity contribution is -0.119. The summed E-state index contributed by atoms with van der Waals surface area (Å²) < 4.78 is 32.8. The molecule has 0 bridgehead atoms. The second-order valence-corrected chi connectivity index (χ2v) is 10.9. The predicted molar refractivity (Wildman–Crippen MR) is 120 cm³/mol. The number of hydrogen-bond acceptors (Lipinski definition) is 8. The molecule has 4 heterocycles. The molecule has 2 atom stereocenters. The highest BCUT2D eigenvalue weighted by Crippen LogP contribution is 2.32. The molecule has 0 radical (unpaired) electrons. The topological polar surface area (TPSA) is 126 Å². The molecule has 0 spiro atoms. The van der Waals surface area contributed by atoms with E-state index < -0.39 is 22.0 Å². The number of aromatic nitrogens is 2. The molecule has 2 aliphatic heterocycles. The third-order valence-electron chi connectivity index (χ3n) is 5.78. The molecule has 10 nitrogen and oxygen atoms in total. The molecule has 2 fully saturated rings. The van der Waals surface area contributed by atoms with Gasteiger partial charge in [-0.05, 0) is 36.4 Å². The first-order chi connectivity index (χ1) is 15.9. The average molecular weight is 488 g/mol. The van der Waals surface area contributed by atoms with Crippen LogP contribution in [0.25, 0.3) is 0 Å². The number of carbonyl (C=O) groups is 2. The van der Waals surface area contributed by atoms with Crippen LogP contribution < -0.4 is 10.2 Å². The molecule has 172 valence electrons. The SMILES string of the molecule is O=C(Nc1nnc([C@H]2CC(=O)N(c3ccccc3)C2)o1)[C@H]1CCCN1S(=O)(=O)c1cccs1. The van der Waals surface area contributed by atoms with Crippen molar-refractivity contribution in [2.75, 3.05) is 23.3 Å². The Morgan fingerprint density at radius 1 is 1.15 bits per heavy atom. The van der Waals surface area contributed by atoms with E-state index in [4.69, 9.17) is 4.42 Å². The zero-order valence-electron chi connectivity index (χ0n) is 17.5. The smallest absolute Gasteiger partial charge is 0.322 e. The molecular weight excluding hydrogens is 466 g/mol. The van der Waals surface area contributed by atoms with Crippen molar-refractivity contribution in [1.29, 1.82) is 0 Å². The van der Waals surface area contributed by atoms with E-state index in [-0.39, 0.29) is 40.9 Å². The molecule has 5 rings (SSSR count). The van der Waals surface area contributed by atoms with Gasteiger partial charge in [-0.1, -0.05) is 29.4 Å². The fourth-order valence-corrected chi connectivity index (χ4v) is 6.96. The van der Waals surface area contributed by atoms with Crippen molar-refractivity contribution in [2.45, 2.75) is 35.4 Å². The Hall–Kier alpha value is -3.09. The van der Waals surface area contributed by atoms with Crippen molar-refractivity contribution < 1.29 is 22.4 Å². The lowest BCUT2D eigenvalue weighted by Crippen LogP contribution is -2.42. The number of hydrogen-bond donors (Lipinski definition) is 1. The van der Waals surface area contributed by atoms with Gasteiger partial charge in [-0.25, -0.2) is 8.42 Å². The number of amides is 2. The van der Waals surface area contributed by atoms with Crippen LogP contribution in [0, 0.1) is 0 Å². The quantitative estimate of drug-likeness (QED) is 0.566. The lowest BCUT2D eigenvalue weighted by Gasteiger charge is -2.21. The molecule has 2 aliphatic rings. The van der Waals surface area contributed by atoms with E-state index in [0.717, 1.165) is 17.0 Å². The van der Waals surface area contributed by atoms with E-state index >= 15 is 0 Å². The highest BCUT2D eigenvalue weighted by molar-refractivity contribution is 7.91. The van der Waals surface area contributed by atoms with Gasteiger partial charge in [0, 0.05) is 25.2 Å². The molecule has 2 amide bonds. The van der Waals surface area contributed by atoms with Crippen LogP contribution in [0.2, 0.25) is 0 Å². The van der Waals surface area contributed by atoms with Crippen LogP contribution in [0.15, 0.2) is 56.5 Å². The van der Waals surface area contributed by atoms with Crippen molar-refractivity contribution in [3.05, 3.63) is 53.7 Å². The van der Waals surface area contributed by atoms with Crippen LogP contribution >= 0.6 is 11.3 Å². The van der Waals surface area contributed by atoms with E-state index in [1.165, 1.54) is 10.4 Å². The average Bonchev–Trinajstić information content (AvgIpc) is 3.61. The number of anilines is 2. The maximum atomic E-state index is 12.9. The second kappa shape index (κ2) is 8.69. The molecule has 1 aromatic carbocycles. The van der Waals surface area contributed by atoms with Crippen LogP contribution in [-0.2, 0) is 19.6 Å². The monoisotopic (exact) mass is 487 g/mol. The van der Waals surface area contributed by atoms with Gasteiger partial charge in [-0.15, -0.1) is 16.4 Å². The van der Waals surface area contributed by atoms with E-state index in [9.17, 15) is 18.0 Å². The van der Waals surface area contributed by atoms with Crippen molar-refractivity contribution >= 4 is 44.9 Å². The minimum Gasteiger partial charge on any atom is -0.407 e. The largest absolute Gasteiger partial charge is 0.407 e. The maximum Gasteiger partial charge on any atom is 0.322 e. The second-order valence-electron chi connectivity index (χ2n) is 7.88. The van der Waals surface area contributed by atoms with E-state index in [0.29, 0.717) is 19.4 Å². The summed E-state index contributed by atoms with van der Waals surface area (Å²) in [7, 11) is -3.75. The minimum absolute atomic E-state index is 0.0460. The zero-order chi connectivity index (χ0) is 23.0. The zero-order valence-corrected chi connectivity index (χ0v) is 19.1. The molecule has 3 aromatic rings. The number of thiophene rings is 1. The van der Waals surface area contributed by atoms with Gasteiger partial charge in [-0.3, -0.25) is 14.9 Å². The highest BCUT2D eigenvalue weighted by atomic mass is 32.2. The summed E-state index contributed by atoms with van der Waals surface area (Å²) in [6.45, 7) is 0.667. The number of nitrogens with one attached hydrogen (secondary N) is 1. The molecule has 0 aliphatic carbocycles. The summed E-state index contributed by atoms with van der Waals surface area (Å²) in [4.78, 5) is 27.0. The van der Waals surface area contributed by atoms with E-state index in [1.807, 2.05) is 30.3 Å². The normalized spacial score (nSPS) is 21.6. The highest BCUT2D eigenvalue weighted by Gasteiger charge is 2.40. The van der Waals surface area contributed by atoms with Crippen LogP contribution in [-0.4, -0.2) is 53.9 Å². The lowest BCUT2D eigenvalue weighted by atomic mass is 10.1. The van der Waals surface area contributed by atoms with Gasteiger partial charge in [-0.2, -0.15) is 4.31 Å². The molecule has 12 heteroatoms. The Morgan fingerprint density at radius 2 is 1.97 bits per heavy atom. The molecular formula is C21H21N5O5S2. The van der Waals surface area contributed by atoms with Gasteiger partial charge in [0.1, 0.15) is 10.3 Å². The fraction of sp³-hybridized carbons (Fsp3) is 0.333. The third-order valence-corrected chi connectivity index (χ3v) is 9.06. The summed E-state index contributed by atoms with van der Waals surface area (Å²) >= 11 is 1.12. The van der Waals surface area contributed by atoms with Crippen molar-refractivity contribution in [2.24, 2.45) is 0 Å². The van der Waals surface area contributed by atoms with Gasteiger partial charge < -0.3 is 9.32 Å². The summed E-state index contributed by atoms with van der Waals surface area (Å²) in [5, 5.41) is 12.1. The summed E-state index contributed by atoms with van der Waals surface area (Å²) in [5.41, 5.74) is 0.798. The summed E-state index contributed by atoms with van der Waals surface area (Å²) in [6, 6.07) is 11.5. The summed E-state index contributed by atoms with van der Waals surface area (Å²) in [6.07, 6.45) is 1.21. The van der Waals surface area contributed by atoms with Gasteiger partial charge in [0.2, 0.25) is 17.7 Å². The van der Waals surface area contributed by atoms with E-state index in [1.54, 1.807) is 16.3 Å². The van der Waals surface area contributed by atoms with Crippen molar-refractivity contribution in [3.63, 3.8) is 0 Å². The number of rotatable bonds is 6. The first-order valence-electron chi connectivity index (χ1n) is 10.5. The van der Waals surface area contributed by atoms with E-state index in [2.05, 4.69) is 15.5 Å². The van der Waals surface area contributed by atoms with Crippen molar-refractivity contribution in [3.8, 4) is 0 Å². The molecule has 2 saturated heterocycles.